The molecule has 1 aromatic rings. The normalized spacial score (nSPS) is 10.5. The number of nitrogens with zero attached hydrogens (tertiary/aromatic N) is 2. The molecule has 4 heteroatoms. The van der Waals surface area contributed by atoms with E-state index in [2.05, 4.69) is 0 Å². The Morgan fingerprint density at radius 3 is 2.15 bits per heavy atom. The second kappa shape index (κ2) is 3.20. The van der Waals surface area contributed by atoms with Crippen LogP contribution in [0.1, 0.15) is 18.2 Å². The standard InChI is InChI=1S/C9H14N2O2/c1-5-7-6(2)10(3)9(13)11(4)8(7)12/h5H2,1-4H3. The van der Waals surface area contributed by atoms with E-state index in [-0.39, 0.29) is 11.2 Å². The minimum atomic E-state index is -0.264. The lowest BCUT2D eigenvalue weighted by molar-refractivity contribution is 0.650. The van der Waals surface area contributed by atoms with Gasteiger partial charge in [0.25, 0.3) is 5.56 Å². The Kier molecular flexibility index (Phi) is 2.40. The van der Waals surface area contributed by atoms with Crippen LogP contribution in [-0.2, 0) is 20.5 Å². The molecule has 0 aliphatic heterocycles. The molecule has 0 N–H and O–H groups in total. The van der Waals surface area contributed by atoms with E-state index in [0.29, 0.717) is 12.0 Å². The first-order valence-electron chi connectivity index (χ1n) is 4.26. The smallest absolute Gasteiger partial charge is 0.301 e. The van der Waals surface area contributed by atoms with Crippen LogP contribution in [0.2, 0.25) is 0 Å². The first-order chi connectivity index (χ1) is 6.00. The van der Waals surface area contributed by atoms with Gasteiger partial charge in [-0.1, -0.05) is 6.92 Å². The summed E-state index contributed by atoms with van der Waals surface area (Å²) in [6.07, 6.45) is 0.659. The average Bonchev–Trinajstić information content (AvgIpc) is 2.13. The lowest BCUT2D eigenvalue weighted by Crippen LogP contribution is -2.40. The predicted molar refractivity (Wildman–Crippen MR) is 51.0 cm³/mol. The van der Waals surface area contributed by atoms with E-state index < -0.39 is 0 Å². The topological polar surface area (TPSA) is 44.0 Å². The summed E-state index contributed by atoms with van der Waals surface area (Å²) in [7, 11) is 3.18. The van der Waals surface area contributed by atoms with Crippen molar-refractivity contribution < 1.29 is 0 Å². The third-order valence-electron chi connectivity index (χ3n) is 2.43. The largest absolute Gasteiger partial charge is 0.330 e. The first kappa shape index (κ1) is 9.77. The summed E-state index contributed by atoms with van der Waals surface area (Å²) in [5, 5.41) is 0. The predicted octanol–water partition coefficient (Wildman–Crippen LogP) is -0.0452. The Morgan fingerprint density at radius 2 is 1.69 bits per heavy atom. The van der Waals surface area contributed by atoms with Gasteiger partial charge in [0.2, 0.25) is 0 Å². The van der Waals surface area contributed by atoms with Crippen LogP contribution in [0.4, 0.5) is 0 Å². The Balaban J connectivity index is 3.78. The molecule has 0 radical (unpaired) electrons. The van der Waals surface area contributed by atoms with Crippen LogP contribution in [-0.4, -0.2) is 9.13 Å². The fourth-order valence-corrected chi connectivity index (χ4v) is 1.42. The molecule has 0 saturated carbocycles. The molecule has 0 bridgehead atoms. The highest BCUT2D eigenvalue weighted by Gasteiger charge is 2.09. The van der Waals surface area contributed by atoms with Crippen molar-refractivity contribution in [2.24, 2.45) is 14.1 Å². The minimum Gasteiger partial charge on any atom is -0.301 e. The Bertz CT molecular complexity index is 440. The molecule has 0 saturated heterocycles. The van der Waals surface area contributed by atoms with Gasteiger partial charge < -0.3 is 4.57 Å². The van der Waals surface area contributed by atoms with E-state index in [1.807, 2.05) is 6.92 Å². The molecule has 0 fully saturated rings. The van der Waals surface area contributed by atoms with E-state index in [9.17, 15) is 9.59 Å². The van der Waals surface area contributed by atoms with Crippen molar-refractivity contribution in [2.45, 2.75) is 20.3 Å². The molecular formula is C9H14N2O2. The van der Waals surface area contributed by atoms with Crippen LogP contribution in [0.5, 0.6) is 0 Å². The summed E-state index contributed by atoms with van der Waals surface area (Å²) in [4.78, 5) is 22.9. The zero-order valence-electron chi connectivity index (χ0n) is 8.42. The highest BCUT2D eigenvalue weighted by Crippen LogP contribution is 1.98. The number of aromatic nitrogens is 2. The highest BCUT2D eigenvalue weighted by molar-refractivity contribution is 5.16. The summed E-state index contributed by atoms with van der Waals surface area (Å²) in [5.41, 5.74) is 1.03. The maximum absolute atomic E-state index is 11.5. The summed E-state index contributed by atoms with van der Waals surface area (Å²) < 4.78 is 2.64. The Hall–Kier alpha value is -1.32. The van der Waals surface area contributed by atoms with Gasteiger partial charge in [-0.15, -0.1) is 0 Å². The molecule has 72 valence electrons. The molecule has 0 atom stereocenters. The Labute approximate surface area is 76.4 Å². The van der Waals surface area contributed by atoms with Gasteiger partial charge >= 0.3 is 5.69 Å². The second-order valence-corrected chi connectivity index (χ2v) is 3.12. The third-order valence-corrected chi connectivity index (χ3v) is 2.43. The van der Waals surface area contributed by atoms with Gasteiger partial charge in [-0.3, -0.25) is 9.36 Å². The molecule has 4 nitrogen and oxygen atoms in total. The zero-order chi connectivity index (χ0) is 10.2. The van der Waals surface area contributed by atoms with Crippen LogP contribution in [0, 0.1) is 6.92 Å². The second-order valence-electron chi connectivity index (χ2n) is 3.12. The summed E-state index contributed by atoms with van der Waals surface area (Å²) in [6, 6.07) is 0. The first-order valence-corrected chi connectivity index (χ1v) is 4.26. The minimum absolute atomic E-state index is 0.178. The fraction of sp³-hybridized carbons (Fsp3) is 0.556. The van der Waals surface area contributed by atoms with Crippen molar-refractivity contribution in [1.82, 2.24) is 9.13 Å². The molecule has 0 aromatic carbocycles. The summed E-state index contributed by atoms with van der Waals surface area (Å²) in [6.45, 7) is 3.70. The van der Waals surface area contributed by atoms with E-state index in [1.165, 1.54) is 11.6 Å². The molecule has 1 rings (SSSR count). The summed E-state index contributed by atoms with van der Waals surface area (Å²) in [5.74, 6) is 0. The van der Waals surface area contributed by atoms with Gasteiger partial charge in [0.05, 0.1) is 0 Å². The molecule has 0 spiro atoms. The molecular weight excluding hydrogens is 168 g/mol. The third kappa shape index (κ3) is 1.32. The number of rotatable bonds is 1. The van der Waals surface area contributed by atoms with Gasteiger partial charge in [-0.2, -0.15) is 0 Å². The van der Waals surface area contributed by atoms with Crippen LogP contribution in [0.15, 0.2) is 9.59 Å². The molecule has 0 unspecified atom stereocenters. The van der Waals surface area contributed by atoms with E-state index >= 15 is 0 Å². The van der Waals surface area contributed by atoms with Crippen molar-refractivity contribution >= 4 is 0 Å². The zero-order valence-corrected chi connectivity index (χ0v) is 8.42. The number of hydrogen-bond acceptors (Lipinski definition) is 2. The molecule has 0 aliphatic carbocycles. The lowest BCUT2D eigenvalue weighted by atomic mass is 10.2. The van der Waals surface area contributed by atoms with Crippen molar-refractivity contribution in [1.29, 1.82) is 0 Å². The lowest BCUT2D eigenvalue weighted by Gasteiger charge is -2.09. The van der Waals surface area contributed by atoms with Gasteiger partial charge in [0, 0.05) is 25.4 Å². The quantitative estimate of drug-likeness (QED) is 0.611. The van der Waals surface area contributed by atoms with Crippen molar-refractivity contribution in [3.05, 3.63) is 32.1 Å². The van der Waals surface area contributed by atoms with Gasteiger partial charge in [0.15, 0.2) is 0 Å². The van der Waals surface area contributed by atoms with Gasteiger partial charge in [-0.25, -0.2) is 4.79 Å². The maximum atomic E-state index is 11.5. The maximum Gasteiger partial charge on any atom is 0.330 e. The van der Waals surface area contributed by atoms with Crippen LogP contribution < -0.4 is 11.2 Å². The monoisotopic (exact) mass is 182 g/mol. The van der Waals surface area contributed by atoms with Crippen molar-refractivity contribution in [2.75, 3.05) is 0 Å². The van der Waals surface area contributed by atoms with Gasteiger partial charge in [0.1, 0.15) is 0 Å². The van der Waals surface area contributed by atoms with Gasteiger partial charge in [-0.05, 0) is 13.3 Å². The SMILES string of the molecule is CCc1c(C)n(C)c(=O)n(C)c1=O. The van der Waals surface area contributed by atoms with Crippen molar-refractivity contribution in [3.8, 4) is 0 Å². The molecule has 13 heavy (non-hydrogen) atoms. The van der Waals surface area contributed by atoms with E-state index in [1.54, 1.807) is 14.0 Å². The fourth-order valence-electron chi connectivity index (χ4n) is 1.42. The molecule has 0 amide bonds. The summed E-state index contributed by atoms with van der Waals surface area (Å²) >= 11 is 0. The van der Waals surface area contributed by atoms with Crippen molar-refractivity contribution in [3.63, 3.8) is 0 Å². The van der Waals surface area contributed by atoms with Crippen LogP contribution in [0.3, 0.4) is 0 Å². The number of hydrogen-bond donors (Lipinski definition) is 0. The highest BCUT2D eigenvalue weighted by atomic mass is 16.2. The molecule has 1 aromatic heterocycles. The molecule has 0 aliphatic rings. The molecule has 1 heterocycles. The van der Waals surface area contributed by atoms with E-state index in [0.717, 1.165) is 10.3 Å². The average molecular weight is 182 g/mol. The van der Waals surface area contributed by atoms with E-state index in [4.69, 9.17) is 0 Å². The van der Waals surface area contributed by atoms with Crippen LogP contribution >= 0.6 is 0 Å². The van der Waals surface area contributed by atoms with Crippen LogP contribution in [0.25, 0.3) is 0 Å². The Morgan fingerprint density at radius 1 is 1.15 bits per heavy atom.